The Morgan fingerprint density at radius 1 is 1.14 bits per heavy atom. The Labute approximate surface area is 133 Å². The van der Waals surface area contributed by atoms with Crippen LogP contribution in [0, 0.1) is 6.92 Å². The number of aryl methyl sites for hydroxylation is 1. The monoisotopic (exact) mass is 346 g/mol. The molecule has 110 valence electrons. The molecule has 3 nitrogen and oxygen atoms in total. The molecule has 0 spiro atoms. The molecule has 2 N–H and O–H groups in total. The van der Waals surface area contributed by atoms with Crippen LogP contribution in [0.4, 0.5) is 5.69 Å². The van der Waals surface area contributed by atoms with Gasteiger partial charge in [-0.05, 0) is 42.7 Å². The maximum Gasteiger partial charge on any atom is 0.239 e. The van der Waals surface area contributed by atoms with Gasteiger partial charge in [-0.2, -0.15) is 0 Å². The number of rotatable bonds is 6. The lowest BCUT2D eigenvalue weighted by Gasteiger charge is -2.09. The van der Waals surface area contributed by atoms with E-state index in [1.807, 2.05) is 43.3 Å². The van der Waals surface area contributed by atoms with E-state index in [1.165, 1.54) is 5.56 Å². The van der Waals surface area contributed by atoms with Crippen molar-refractivity contribution < 1.29 is 4.79 Å². The standard InChI is InChI=1S/C17H19BrN2O/c1-13-11-15(7-8-16(13)18)20-12-17(21)19-10-9-14-5-3-2-4-6-14/h2-8,11,20H,9-10,12H2,1H3,(H,19,21). The normalized spacial score (nSPS) is 10.2. The number of carbonyl (C=O) groups excluding carboxylic acids is 1. The number of halogens is 1. The highest BCUT2D eigenvalue weighted by atomic mass is 79.9. The van der Waals surface area contributed by atoms with E-state index in [-0.39, 0.29) is 12.5 Å². The third kappa shape index (κ3) is 5.23. The van der Waals surface area contributed by atoms with E-state index in [0.717, 1.165) is 22.1 Å². The van der Waals surface area contributed by atoms with Crippen LogP contribution in [-0.4, -0.2) is 19.0 Å². The quantitative estimate of drug-likeness (QED) is 0.839. The summed E-state index contributed by atoms with van der Waals surface area (Å²) in [6.45, 7) is 2.97. The van der Waals surface area contributed by atoms with Crippen LogP contribution in [0.15, 0.2) is 53.0 Å². The first-order chi connectivity index (χ1) is 10.1. The van der Waals surface area contributed by atoms with Crippen LogP contribution < -0.4 is 10.6 Å². The van der Waals surface area contributed by atoms with Crippen molar-refractivity contribution in [3.8, 4) is 0 Å². The molecule has 2 aromatic rings. The smallest absolute Gasteiger partial charge is 0.239 e. The van der Waals surface area contributed by atoms with E-state index in [4.69, 9.17) is 0 Å². The number of amides is 1. The number of carbonyl (C=O) groups is 1. The molecule has 0 aliphatic carbocycles. The molecule has 0 atom stereocenters. The van der Waals surface area contributed by atoms with Crippen molar-refractivity contribution in [3.63, 3.8) is 0 Å². The number of anilines is 1. The zero-order chi connectivity index (χ0) is 15.1. The van der Waals surface area contributed by atoms with Gasteiger partial charge in [-0.15, -0.1) is 0 Å². The van der Waals surface area contributed by atoms with E-state index in [1.54, 1.807) is 0 Å². The number of benzene rings is 2. The van der Waals surface area contributed by atoms with Crippen LogP contribution in [0.25, 0.3) is 0 Å². The molecule has 2 rings (SSSR count). The van der Waals surface area contributed by atoms with Crippen LogP contribution >= 0.6 is 15.9 Å². The van der Waals surface area contributed by atoms with Crippen LogP contribution in [0.1, 0.15) is 11.1 Å². The average Bonchev–Trinajstić information content (AvgIpc) is 2.49. The first kappa shape index (κ1) is 15.6. The van der Waals surface area contributed by atoms with Crippen molar-refractivity contribution in [1.82, 2.24) is 5.32 Å². The van der Waals surface area contributed by atoms with Crippen molar-refractivity contribution in [3.05, 3.63) is 64.1 Å². The highest BCUT2D eigenvalue weighted by molar-refractivity contribution is 9.10. The second-order valence-corrected chi connectivity index (χ2v) is 5.76. The number of hydrogen-bond donors (Lipinski definition) is 2. The summed E-state index contributed by atoms with van der Waals surface area (Å²) in [6.07, 6.45) is 0.851. The molecule has 0 aromatic heterocycles. The molecule has 4 heteroatoms. The second kappa shape index (κ2) is 7.84. The first-order valence-corrected chi connectivity index (χ1v) is 7.75. The highest BCUT2D eigenvalue weighted by Gasteiger charge is 2.02. The molecule has 0 heterocycles. The van der Waals surface area contributed by atoms with Gasteiger partial charge in [0.1, 0.15) is 0 Å². The summed E-state index contributed by atoms with van der Waals surface area (Å²) in [4.78, 5) is 11.8. The van der Waals surface area contributed by atoms with E-state index in [9.17, 15) is 4.79 Å². The van der Waals surface area contributed by atoms with Gasteiger partial charge in [-0.25, -0.2) is 0 Å². The van der Waals surface area contributed by atoms with Gasteiger partial charge < -0.3 is 10.6 Å². The minimum absolute atomic E-state index is 0.00602. The average molecular weight is 347 g/mol. The first-order valence-electron chi connectivity index (χ1n) is 6.96. The van der Waals surface area contributed by atoms with Gasteiger partial charge in [-0.3, -0.25) is 4.79 Å². The van der Waals surface area contributed by atoms with Crippen LogP contribution in [0.5, 0.6) is 0 Å². The van der Waals surface area contributed by atoms with Gasteiger partial charge in [0.05, 0.1) is 6.54 Å². The third-order valence-corrected chi connectivity index (χ3v) is 4.08. The number of nitrogens with one attached hydrogen (secondary N) is 2. The van der Waals surface area contributed by atoms with Gasteiger partial charge in [0.25, 0.3) is 0 Å². The predicted molar refractivity (Wildman–Crippen MR) is 90.5 cm³/mol. The van der Waals surface area contributed by atoms with E-state index < -0.39 is 0 Å². The van der Waals surface area contributed by atoms with Gasteiger partial charge >= 0.3 is 0 Å². The summed E-state index contributed by atoms with van der Waals surface area (Å²) in [5.74, 6) is 0.00602. The number of hydrogen-bond acceptors (Lipinski definition) is 2. The van der Waals surface area contributed by atoms with E-state index in [0.29, 0.717) is 6.54 Å². The Morgan fingerprint density at radius 3 is 2.62 bits per heavy atom. The highest BCUT2D eigenvalue weighted by Crippen LogP contribution is 2.19. The minimum Gasteiger partial charge on any atom is -0.376 e. The second-order valence-electron chi connectivity index (χ2n) is 4.90. The van der Waals surface area contributed by atoms with Gasteiger partial charge in [0, 0.05) is 16.7 Å². The molecular formula is C17H19BrN2O. The summed E-state index contributed by atoms with van der Waals surface area (Å²) < 4.78 is 1.07. The summed E-state index contributed by atoms with van der Waals surface area (Å²) in [7, 11) is 0. The molecule has 0 radical (unpaired) electrons. The van der Waals surface area contributed by atoms with Crippen molar-refractivity contribution >= 4 is 27.5 Å². The fourth-order valence-electron chi connectivity index (χ4n) is 1.99. The molecule has 2 aromatic carbocycles. The van der Waals surface area contributed by atoms with Crippen molar-refractivity contribution in [2.75, 3.05) is 18.4 Å². The molecule has 1 amide bonds. The maximum absolute atomic E-state index is 11.8. The molecule has 21 heavy (non-hydrogen) atoms. The zero-order valence-electron chi connectivity index (χ0n) is 12.0. The molecular weight excluding hydrogens is 328 g/mol. The zero-order valence-corrected chi connectivity index (χ0v) is 13.6. The van der Waals surface area contributed by atoms with Crippen molar-refractivity contribution in [2.24, 2.45) is 0 Å². The largest absolute Gasteiger partial charge is 0.376 e. The van der Waals surface area contributed by atoms with Gasteiger partial charge in [0.2, 0.25) is 5.91 Å². The SMILES string of the molecule is Cc1cc(NCC(=O)NCCc2ccccc2)ccc1Br. The van der Waals surface area contributed by atoms with Gasteiger partial charge in [0.15, 0.2) is 0 Å². The minimum atomic E-state index is 0.00602. The van der Waals surface area contributed by atoms with Crippen LogP contribution in [0.2, 0.25) is 0 Å². The lowest BCUT2D eigenvalue weighted by atomic mass is 10.1. The Kier molecular flexibility index (Phi) is 5.81. The molecule has 0 saturated heterocycles. The Bertz CT molecular complexity index is 599. The fourth-order valence-corrected chi connectivity index (χ4v) is 2.24. The Balaban J connectivity index is 1.71. The topological polar surface area (TPSA) is 41.1 Å². The maximum atomic E-state index is 11.8. The lowest BCUT2D eigenvalue weighted by Crippen LogP contribution is -2.31. The summed E-state index contributed by atoms with van der Waals surface area (Å²) in [6, 6.07) is 16.1. The predicted octanol–water partition coefficient (Wildman–Crippen LogP) is 3.53. The molecule has 0 aliphatic rings. The molecule has 0 saturated carbocycles. The molecule has 0 aliphatic heterocycles. The Hall–Kier alpha value is -1.81. The van der Waals surface area contributed by atoms with Crippen molar-refractivity contribution in [1.29, 1.82) is 0 Å². The lowest BCUT2D eigenvalue weighted by molar-refractivity contribution is -0.119. The summed E-state index contributed by atoms with van der Waals surface area (Å²) in [5, 5.41) is 6.04. The van der Waals surface area contributed by atoms with Gasteiger partial charge in [-0.1, -0.05) is 46.3 Å². The summed E-state index contributed by atoms with van der Waals surface area (Å²) in [5.41, 5.74) is 3.33. The molecule has 0 fully saturated rings. The molecule has 0 unspecified atom stereocenters. The molecule has 0 bridgehead atoms. The summed E-state index contributed by atoms with van der Waals surface area (Å²) >= 11 is 3.46. The third-order valence-electron chi connectivity index (χ3n) is 3.19. The Morgan fingerprint density at radius 2 is 1.90 bits per heavy atom. The van der Waals surface area contributed by atoms with Crippen LogP contribution in [-0.2, 0) is 11.2 Å². The fraction of sp³-hybridized carbons (Fsp3) is 0.235. The van der Waals surface area contributed by atoms with Crippen molar-refractivity contribution in [2.45, 2.75) is 13.3 Å². The van der Waals surface area contributed by atoms with E-state index >= 15 is 0 Å². The van der Waals surface area contributed by atoms with Crippen LogP contribution in [0.3, 0.4) is 0 Å². The van der Waals surface area contributed by atoms with E-state index in [2.05, 4.69) is 38.7 Å².